The van der Waals surface area contributed by atoms with Crippen LogP contribution in [0.15, 0.2) is 36.4 Å². The van der Waals surface area contributed by atoms with Crippen molar-refractivity contribution in [2.75, 3.05) is 7.11 Å². The topological polar surface area (TPSA) is 69.4 Å². The number of carbonyl (C=O) groups excluding carboxylic acids is 1. The second-order valence-electron chi connectivity index (χ2n) is 4.14. The lowest BCUT2D eigenvalue weighted by atomic mass is 10.0. The summed E-state index contributed by atoms with van der Waals surface area (Å²) in [6.45, 7) is 0. The summed E-state index contributed by atoms with van der Waals surface area (Å²) < 4.78 is 31.2. The number of halogens is 2. The maximum Gasteiger partial charge on any atom is 0.338 e. The molecule has 2 rings (SSSR count). The van der Waals surface area contributed by atoms with Gasteiger partial charge in [0, 0.05) is 23.8 Å². The summed E-state index contributed by atoms with van der Waals surface area (Å²) in [5, 5.41) is 10.9. The first-order valence-corrected chi connectivity index (χ1v) is 5.75. The Balaban J connectivity index is 2.64. The summed E-state index contributed by atoms with van der Waals surface area (Å²) in [7, 11) is 1.12. The predicted molar refractivity (Wildman–Crippen MR) is 69.8 cm³/mol. The van der Waals surface area contributed by atoms with Crippen LogP contribution in [0.1, 0.15) is 10.4 Å². The third kappa shape index (κ3) is 3.02. The Morgan fingerprint density at radius 3 is 2.48 bits per heavy atom. The van der Waals surface area contributed by atoms with Gasteiger partial charge in [-0.1, -0.05) is 0 Å². The minimum absolute atomic E-state index is 0.0507. The number of esters is 1. The van der Waals surface area contributed by atoms with Crippen molar-refractivity contribution in [1.82, 2.24) is 0 Å². The molecule has 0 aliphatic carbocycles. The minimum atomic E-state index is -0.883. The zero-order valence-electron chi connectivity index (χ0n) is 10.8. The molecule has 0 unspecified atom stereocenters. The monoisotopic (exact) mass is 293 g/mol. The number of hydrogen-bond acceptors (Lipinski definition) is 4. The van der Waals surface area contributed by atoms with Gasteiger partial charge >= 0.3 is 5.97 Å². The molecule has 108 valence electrons. The van der Waals surface area contributed by atoms with E-state index in [-0.39, 0.29) is 16.7 Å². The van der Waals surface area contributed by atoms with E-state index in [0.717, 1.165) is 31.4 Å². The van der Waals surface area contributed by atoms with Crippen molar-refractivity contribution in [3.8, 4) is 11.1 Å². The van der Waals surface area contributed by atoms with E-state index in [0.29, 0.717) is 6.07 Å². The van der Waals surface area contributed by atoms with E-state index in [1.807, 2.05) is 0 Å². The number of nitro groups is 1. The molecule has 0 saturated heterocycles. The van der Waals surface area contributed by atoms with E-state index >= 15 is 0 Å². The van der Waals surface area contributed by atoms with Crippen molar-refractivity contribution >= 4 is 11.7 Å². The molecule has 0 fully saturated rings. The van der Waals surface area contributed by atoms with Crippen LogP contribution in [0, 0.1) is 21.7 Å². The van der Waals surface area contributed by atoms with Gasteiger partial charge in [0.2, 0.25) is 0 Å². The van der Waals surface area contributed by atoms with Crippen LogP contribution in [0.25, 0.3) is 11.1 Å². The zero-order chi connectivity index (χ0) is 15.6. The van der Waals surface area contributed by atoms with Gasteiger partial charge in [-0.05, 0) is 23.8 Å². The van der Waals surface area contributed by atoms with Crippen LogP contribution in [0.4, 0.5) is 14.5 Å². The molecular weight excluding hydrogens is 284 g/mol. The summed E-state index contributed by atoms with van der Waals surface area (Å²) in [5.41, 5.74) is -0.450. The van der Waals surface area contributed by atoms with Crippen LogP contribution in [-0.4, -0.2) is 18.0 Å². The Kier molecular flexibility index (Phi) is 3.93. The Morgan fingerprint density at radius 1 is 1.19 bits per heavy atom. The summed E-state index contributed by atoms with van der Waals surface area (Å²) >= 11 is 0. The molecule has 7 heteroatoms. The largest absolute Gasteiger partial charge is 0.465 e. The second-order valence-corrected chi connectivity index (χ2v) is 4.14. The third-order valence-corrected chi connectivity index (χ3v) is 2.79. The number of nitrogens with zero attached hydrogens (tertiary/aromatic N) is 1. The average molecular weight is 293 g/mol. The molecule has 0 aliphatic heterocycles. The Hall–Kier alpha value is -2.83. The normalized spacial score (nSPS) is 10.2. The maximum absolute atomic E-state index is 13.8. The van der Waals surface area contributed by atoms with E-state index in [4.69, 9.17) is 0 Å². The molecule has 2 aromatic rings. The van der Waals surface area contributed by atoms with Crippen LogP contribution >= 0.6 is 0 Å². The molecule has 0 aromatic heterocycles. The van der Waals surface area contributed by atoms with Crippen molar-refractivity contribution in [2.45, 2.75) is 0 Å². The molecule has 0 heterocycles. The number of methoxy groups -OCH3 is 1. The van der Waals surface area contributed by atoms with Gasteiger partial charge < -0.3 is 4.74 Å². The summed E-state index contributed by atoms with van der Waals surface area (Å²) in [4.78, 5) is 21.7. The number of carbonyl (C=O) groups is 1. The molecule has 0 bridgehead atoms. The van der Waals surface area contributed by atoms with Crippen LogP contribution < -0.4 is 0 Å². The standard InChI is InChI=1S/C14H9F2NO4/c1-21-14(18)9-4-8(5-11(6-9)17(19)20)12-3-2-10(15)7-13(12)16/h2-7H,1H3. The van der Waals surface area contributed by atoms with Gasteiger partial charge in [0.1, 0.15) is 11.6 Å². The SMILES string of the molecule is COC(=O)c1cc(-c2ccc(F)cc2F)cc([N+](=O)[O-])c1. The molecule has 0 radical (unpaired) electrons. The van der Waals surface area contributed by atoms with Gasteiger partial charge in [0.15, 0.2) is 0 Å². The molecule has 2 aromatic carbocycles. The first kappa shape index (κ1) is 14.6. The van der Waals surface area contributed by atoms with E-state index in [2.05, 4.69) is 4.74 Å². The number of rotatable bonds is 3. The Bertz CT molecular complexity index is 731. The molecule has 0 aliphatic rings. The lowest BCUT2D eigenvalue weighted by Gasteiger charge is -2.06. The lowest BCUT2D eigenvalue weighted by Crippen LogP contribution is -2.03. The Labute approximate surface area is 117 Å². The van der Waals surface area contributed by atoms with Crippen molar-refractivity contribution in [1.29, 1.82) is 0 Å². The molecule has 21 heavy (non-hydrogen) atoms. The summed E-state index contributed by atoms with van der Waals surface area (Å²) in [6.07, 6.45) is 0. The smallest absolute Gasteiger partial charge is 0.338 e. The number of ether oxygens (including phenoxy) is 1. The predicted octanol–water partition coefficient (Wildman–Crippen LogP) is 3.33. The molecule has 0 saturated carbocycles. The summed E-state index contributed by atoms with van der Waals surface area (Å²) in [5.74, 6) is -2.44. The zero-order valence-corrected chi connectivity index (χ0v) is 10.8. The van der Waals surface area contributed by atoms with Gasteiger partial charge in [-0.15, -0.1) is 0 Å². The highest BCUT2D eigenvalue weighted by atomic mass is 19.1. The fraction of sp³-hybridized carbons (Fsp3) is 0.0714. The summed E-state index contributed by atoms with van der Waals surface area (Å²) in [6, 6.07) is 6.19. The van der Waals surface area contributed by atoms with Gasteiger partial charge in [-0.25, -0.2) is 13.6 Å². The fourth-order valence-electron chi connectivity index (χ4n) is 1.83. The van der Waals surface area contributed by atoms with Crippen LogP contribution in [0.5, 0.6) is 0 Å². The van der Waals surface area contributed by atoms with Crippen molar-refractivity contribution in [2.24, 2.45) is 0 Å². The van der Waals surface area contributed by atoms with Gasteiger partial charge in [-0.2, -0.15) is 0 Å². The molecule has 0 atom stereocenters. The fourth-order valence-corrected chi connectivity index (χ4v) is 1.83. The van der Waals surface area contributed by atoms with Gasteiger partial charge in [0.05, 0.1) is 17.6 Å². The highest BCUT2D eigenvalue weighted by Crippen LogP contribution is 2.28. The third-order valence-electron chi connectivity index (χ3n) is 2.79. The van der Waals surface area contributed by atoms with Crippen molar-refractivity contribution < 1.29 is 23.2 Å². The molecule has 5 nitrogen and oxygen atoms in total. The van der Waals surface area contributed by atoms with Crippen molar-refractivity contribution in [3.05, 3.63) is 63.7 Å². The number of hydrogen-bond donors (Lipinski definition) is 0. The van der Waals surface area contributed by atoms with Crippen molar-refractivity contribution in [3.63, 3.8) is 0 Å². The Morgan fingerprint density at radius 2 is 1.90 bits per heavy atom. The average Bonchev–Trinajstić information content (AvgIpc) is 2.45. The number of benzene rings is 2. The maximum atomic E-state index is 13.8. The van der Waals surface area contributed by atoms with Crippen LogP contribution in [0.3, 0.4) is 0 Å². The molecule has 0 spiro atoms. The minimum Gasteiger partial charge on any atom is -0.465 e. The van der Waals surface area contributed by atoms with Crippen LogP contribution in [-0.2, 0) is 4.74 Å². The quantitative estimate of drug-likeness (QED) is 0.494. The van der Waals surface area contributed by atoms with E-state index < -0.39 is 28.2 Å². The molecule has 0 N–H and O–H groups in total. The van der Waals surface area contributed by atoms with E-state index in [1.165, 1.54) is 6.07 Å². The highest BCUT2D eigenvalue weighted by molar-refractivity contribution is 5.92. The first-order valence-electron chi connectivity index (χ1n) is 5.75. The van der Waals surface area contributed by atoms with Gasteiger partial charge in [0.25, 0.3) is 5.69 Å². The van der Waals surface area contributed by atoms with E-state index in [1.54, 1.807) is 0 Å². The highest BCUT2D eigenvalue weighted by Gasteiger charge is 2.17. The lowest BCUT2D eigenvalue weighted by molar-refractivity contribution is -0.384. The van der Waals surface area contributed by atoms with E-state index in [9.17, 15) is 23.7 Å². The first-order chi connectivity index (χ1) is 9.92. The number of nitro benzene ring substituents is 1. The molecule has 0 amide bonds. The number of non-ortho nitro benzene ring substituents is 1. The second kappa shape index (κ2) is 5.66. The van der Waals surface area contributed by atoms with Gasteiger partial charge in [-0.3, -0.25) is 10.1 Å². The van der Waals surface area contributed by atoms with Crippen LogP contribution in [0.2, 0.25) is 0 Å². The molecular formula is C14H9F2NO4.